The van der Waals surface area contributed by atoms with Crippen LogP contribution in [-0.4, -0.2) is 39.1 Å². The number of carbonyl (C=O) groups is 1. The fourth-order valence-corrected chi connectivity index (χ4v) is 3.15. The van der Waals surface area contributed by atoms with Crippen LogP contribution in [0.15, 0.2) is 59.4 Å². The molecule has 1 amide bonds. The summed E-state index contributed by atoms with van der Waals surface area (Å²) in [6.07, 6.45) is 3.64. The lowest BCUT2D eigenvalue weighted by atomic mass is 9.93. The minimum atomic E-state index is -1.20. The molecule has 3 aromatic rings. The molecular formula is C19H16FN3O3. The topological polar surface area (TPSA) is 79.5 Å². The van der Waals surface area contributed by atoms with E-state index < -0.39 is 5.60 Å². The summed E-state index contributed by atoms with van der Waals surface area (Å²) in [5.41, 5.74) is 0.292. The van der Waals surface area contributed by atoms with Crippen LogP contribution in [0.3, 0.4) is 0 Å². The van der Waals surface area contributed by atoms with Crippen molar-refractivity contribution in [2.45, 2.75) is 12.0 Å². The minimum absolute atomic E-state index is 0.118. The van der Waals surface area contributed by atoms with Crippen LogP contribution in [0.5, 0.6) is 0 Å². The first kappa shape index (κ1) is 16.4. The van der Waals surface area contributed by atoms with Crippen LogP contribution >= 0.6 is 0 Å². The summed E-state index contributed by atoms with van der Waals surface area (Å²) in [7, 11) is 0. The molecule has 0 aliphatic carbocycles. The third kappa shape index (κ3) is 2.97. The first-order chi connectivity index (χ1) is 12.5. The number of nitrogens with zero attached hydrogens (tertiary/aromatic N) is 3. The maximum Gasteiger partial charge on any atom is 0.276 e. The summed E-state index contributed by atoms with van der Waals surface area (Å²) in [6.45, 7) is 0.494. The Hall–Kier alpha value is -3.06. The van der Waals surface area contributed by atoms with Gasteiger partial charge in [0.25, 0.3) is 5.91 Å². The zero-order valence-corrected chi connectivity index (χ0v) is 13.8. The molecule has 132 valence electrons. The van der Waals surface area contributed by atoms with E-state index in [1.165, 1.54) is 17.0 Å². The molecule has 0 saturated carbocycles. The molecule has 1 aromatic carbocycles. The fraction of sp³-hybridized carbons (Fsp3) is 0.211. The summed E-state index contributed by atoms with van der Waals surface area (Å²) in [5, 5.41) is 14.7. The van der Waals surface area contributed by atoms with E-state index in [-0.39, 0.29) is 24.0 Å². The van der Waals surface area contributed by atoms with Crippen molar-refractivity contribution in [1.82, 2.24) is 15.0 Å². The number of pyridine rings is 1. The Balaban J connectivity index is 1.51. The standard InChI is InChI=1S/C19H16FN3O3/c20-15-5-3-14(4-6-15)19(25)7-9-23(12-19)18(24)16-10-17(26-22-16)13-2-1-8-21-11-13/h1-6,8,10-11,25H,7,9,12H2. The van der Waals surface area contributed by atoms with Gasteiger partial charge in [-0.15, -0.1) is 0 Å². The van der Waals surface area contributed by atoms with Gasteiger partial charge in [0, 0.05) is 30.6 Å². The van der Waals surface area contributed by atoms with E-state index in [1.54, 1.807) is 36.7 Å². The number of halogens is 1. The van der Waals surface area contributed by atoms with E-state index in [2.05, 4.69) is 10.1 Å². The molecule has 4 rings (SSSR count). The van der Waals surface area contributed by atoms with Gasteiger partial charge in [0.1, 0.15) is 11.4 Å². The number of hydrogen-bond donors (Lipinski definition) is 1. The number of aromatic nitrogens is 2. The number of likely N-dealkylation sites (tertiary alicyclic amines) is 1. The monoisotopic (exact) mass is 353 g/mol. The largest absolute Gasteiger partial charge is 0.383 e. The summed E-state index contributed by atoms with van der Waals surface area (Å²) in [6, 6.07) is 10.8. The van der Waals surface area contributed by atoms with Gasteiger partial charge >= 0.3 is 0 Å². The van der Waals surface area contributed by atoms with Crippen molar-refractivity contribution in [2.24, 2.45) is 0 Å². The Bertz CT molecular complexity index is 927. The summed E-state index contributed by atoms with van der Waals surface area (Å²) >= 11 is 0. The first-order valence-electron chi connectivity index (χ1n) is 8.20. The zero-order valence-electron chi connectivity index (χ0n) is 13.8. The van der Waals surface area contributed by atoms with Crippen LogP contribution < -0.4 is 0 Å². The number of aliphatic hydroxyl groups is 1. The average molecular weight is 353 g/mol. The van der Waals surface area contributed by atoms with Crippen molar-refractivity contribution in [3.63, 3.8) is 0 Å². The second-order valence-corrected chi connectivity index (χ2v) is 6.33. The molecule has 0 radical (unpaired) electrons. The van der Waals surface area contributed by atoms with Crippen LogP contribution in [0, 0.1) is 5.82 Å². The van der Waals surface area contributed by atoms with E-state index >= 15 is 0 Å². The molecule has 0 bridgehead atoms. The van der Waals surface area contributed by atoms with Crippen molar-refractivity contribution in [1.29, 1.82) is 0 Å². The van der Waals surface area contributed by atoms with Gasteiger partial charge in [0.15, 0.2) is 11.5 Å². The Morgan fingerprint density at radius 1 is 1.27 bits per heavy atom. The van der Waals surface area contributed by atoms with Gasteiger partial charge in [0.05, 0.1) is 6.54 Å². The zero-order chi connectivity index (χ0) is 18.1. The van der Waals surface area contributed by atoms with E-state index in [0.717, 1.165) is 5.56 Å². The van der Waals surface area contributed by atoms with E-state index in [0.29, 0.717) is 24.3 Å². The molecule has 6 nitrogen and oxygen atoms in total. The molecule has 7 heteroatoms. The van der Waals surface area contributed by atoms with Crippen LogP contribution in [0.1, 0.15) is 22.5 Å². The molecular weight excluding hydrogens is 337 g/mol. The van der Waals surface area contributed by atoms with Gasteiger partial charge in [0.2, 0.25) is 0 Å². The molecule has 0 spiro atoms. The van der Waals surface area contributed by atoms with Gasteiger partial charge in [-0.05, 0) is 36.2 Å². The third-order valence-electron chi connectivity index (χ3n) is 4.59. The number of carbonyl (C=O) groups excluding carboxylic acids is 1. The third-order valence-corrected chi connectivity index (χ3v) is 4.59. The maximum absolute atomic E-state index is 13.1. The van der Waals surface area contributed by atoms with Crippen molar-refractivity contribution >= 4 is 5.91 Å². The first-order valence-corrected chi connectivity index (χ1v) is 8.20. The van der Waals surface area contributed by atoms with Gasteiger partial charge in [-0.25, -0.2) is 4.39 Å². The highest BCUT2D eigenvalue weighted by molar-refractivity contribution is 5.93. The van der Waals surface area contributed by atoms with Crippen molar-refractivity contribution in [3.05, 3.63) is 71.9 Å². The van der Waals surface area contributed by atoms with Gasteiger partial charge in [-0.2, -0.15) is 0 Å². The predicted molar refractivity (Wildman–Crippen MR) is 90.6 cm³/mol. The number of amides is 1. The second kappa shape index (κ2) is 6.34. The highest BCUT2D eigenvalue weighted by atomic mass is 19.1. The Kier molecular flexibility index (Phi) is 4.00. The maximum atomic E-state index is 13.1. The molecule has 1 saturated heterocycles. The normalized spacial score (nSPS) is 19.7. The molecule has 1 fully saturated rings. The highest BCUT2D eigenvalue weighted by Gasteiger charge is 2.40. The second-order valence-electron chi connectivity index (χ2n) is 6.33. The molecule has 3 heterocycles. The fourth-order valence-electron chi connectivity index (χ4n) is 3.15. The molecule has 1 aliphatic heterocycles. The summed E-state index contributed by atoms with van der Waals surface area (Å²) < 4.78 is 18.3. The lowest BCUT2D eigenvalue weighted by Crippen LogP contribution is -2.34. The van der Waals surface area contributed by atoms with Crippen LogP contribution in [-0.2, 0) is 5.60 Å². The lowest BCUT2D eigenvalue weighted by molar-refractivity contribution is 0.0414. The molecule has 1 unspecified atom stereocenters. The quantitative estimate of drug-likeness (QED) is 0.783. The van der Waals surface area contributed by atoms with Crippen molar-refractivity contribution in [2.75, 3.05) is 13.1 Å². The molecule has 1 aliphatic rings. The van der Waals surface area contributed by atoms with Crippen molar-refractivity contribution < 1.29 is 18.8 Å². The molecule has 2 aromatic heterocycles. The molecule has 1 atom stereocenters. The Morgan fingerprint density at radius 2 is 2.08 bits per heavy atom. The number of benzene rings is 1. The van der Waals surface area contributed by atoms with E-state index in [1.807, 2.05) is 6.07 Å². The minimum Gasteiger partial charge on any atom is -0.383 e. The Labute approximate surface area is 148 Å². The van der Waals surface area contributed by atoms with E-state index in [9.17, 15) is 14.3 Å². The summed E-state index contributed by atoms with van der Waals surface area (Å²) in [5.74, 6) is -0.231. The molecule has 26 heavy (non-hydrogen) atoms. The predicted octanol–water partition coefficient (Wildman–Crippen LogP) is 2.61. The number of hydrogen-bond acceptors (Lipinski definition) is 5. The SMILES string of the molecule is O=C(c1cc(-c2cccnc2)on1)N1CCC(O)(c2ccc(F)cc2)C1. The summed E-state index contributed by atoms with van der Waals surface area (Å²) in [4.78, 5) is 18.2. The van der Waals surface area contributed by atoms with Crippen LogP contribution in [0.2, 0.25) is 0 Å². The van der Waals surface area contributed by atoms with Gasteiger partial charge in [-0.1, -0.05) is 17.3 Å². The smallest absolute Gasteiger partial charge is 0.276 e. The van der Waals surface area contributed by atoms with Gasteiger partial charge in [-0.3, -0.25) is 9.78 Å². The molecule has 1 N–H and O–H groups in total. The number of rotatable bonds is 3. The van der Waals surface area contributed by atoms with E-state index in [4.69, 9.17) is 4.52 Å². The number of β-amino-alcohol motifs (C(OH)–C–C–N with tert-alkyl or cyclic N) is 1. The average Bonchev–Trinajstić information content (AvgIpc) is 3.30. The highest BCUT2D eigenvalue weighted by Crippen LogP contribution is 2.33. The Morgan fingerprint density at radius 3 is 2.81 bits per heavy atom. The van der Waals surface area contributed by atoms with Crippen LogP contribution in [0.4, 0.5) is 4.39 Å². The van der Waals surface area contributed by atoms with Crippen LogP contribution in [0.25, 0.3) is 11.3 Å². The lowest BCUT2D eigenvalue weighted by Gasteiger charge is -2.23. The van der Waals surface area contributed by atoms with Crippen molar-refractivity contribution in [3.8, 4) is 11.3 Å². The van der Waals surface area contributed by atoms with Gasteiger partial charge < -0.3 is 14.5 Å².